The fraction of sp³-hybridized carbons (Fsp3) is 0.400. The molecular weight excluding hydrogens is 302 g/mol. The standard InChI is InChI=1S/C15H20BrN3/c1-15(2,7-8-17)10-19-14-12-4-3-5-13(16)11(12)6-9-18-14/h3-6,9H,7-8,10,17H2,1-2H3,(H,18,19). The van der Waals surface area contributed by atoms with Gasteiger partial charge in [0.2, 0.25) is 0 Å². The molecule has 0 fully saturated rings. The van der Waals surface area contributed by atoms with E-state index in [0.29, 0.717) is 6.54 Å². The van der Waals surface area contributed by atoms with Crippen LogP contribution >= 0.6 is 15.9 Å². The van der Waals surface area contributed by atoms with Crippen molar-refractivity contribution in [2.75, 3.05) is 18.4 Å². The fourth-order valence-corrected chi connectivity index (χ4v) is 2.61. The molecule has 0 unspecified atom stereocenters. The molecule has 19 heavy (non-hydrogen) atoms. The van der Waals surface area contributed by atoms with Gasteiger partial charge in [-0.05, 0) is 30.5 Å². The number of benzene rings is 1. The number of pyridine rings is 1. The van der Waals surface area contributed by atoms with Crippen LogP contribution in [0.5, 0.6) is 0 Å². The first-order chi connectivity index (χ1) is 9.03. The summed E-state index contributed by atoms with van der Waals surface area (Å²) in [5.41, 5.74) is 5.82. The van der Waals surface area contributed by atoms with E-state index in [-0.39, 0.29) is 5.41 Å². The summed E-state index contributed by atoms with van der Waals surface area (Å²) in [5, 5.41) is 5.77. The van der Waals surface area contributed by atoms with Gasteiger partial charge in [0.25, 0.3) is 0 Å². The van der Waals surface area contributed by atoms with Gasteiger partial charge in [-0.3, -0.25) is 0 Å². The van der Waals surface area contributed by atoms with E-state index in [1.807, 2.05) is 24.4 Å². The number of fused-ring (bicyclic) bond motifs is 1. The van der Waals surface area contributed by atoms with Crippen molar-refractivity contribution in [3.05, 3.63) is 34.9 Å². The molecule has 0 amide bonds. The van der Waals surface area contributed by atoms with Crippen LogP contribution in [-0.4, -0.2) is 18.1 Å². The number of hydrogen-bond acceptors (Lipinski definition) is 3. The monoisotopic (exact) mass is 321 g/mol. The van der Waals surface area contributed by atoms with Crippen molar-refractivity contribution in [3.8, 4) is 0 Å². The third-order valence-electron chi connectivity index (χ3n) is 3.31. The Bertz CT molecular complexity index is 566. The van der Waals surface area contributed by atoms with E-state index in [1.54, 1.807) is 0 Å². The Kier molecular flexibility index (Phi) is 4.42. The second-order valence-electron chi connectivity index (χ2n) is 5.55. The number of nitrogens with zero attached hydrogens (tertiary/aromatic N) is 1. The highest BCUT2D eigenvalue weighted by Crippen LogP contribution is 2.28. The number of nitrogens with two attached hydrogens (primary N) is 1. The summed E-state index contributed by atoms with van der Waals surface area (Å²) in [7, 11) is 0. The molecule has 0 bridgehead atoms. The first-order valence-corrected chi connectivity index (χ1v) is 7.30. The molecule has 4 heteroatoms. The lowest BCUT2D eigenvalue weighted by Gasteiger charge is -2.24. The van der Waals surface area contributed by atoms with E-state index in [1.165, 1.54) is 5.39 Å². The zero-order valence-electron chi connectivity index (χ0n) is 11.4. The van der Waals surface area contributed by atoms with Crippen molar-refractivity contribution < 1.29 is 0 Å². The number of anilines is 1. The molecule has 0 spiro atoms. The molecule has 1 aromatic heterocycles. The minimum Gasteiger partial charge on any atom is -0.369 e. The molecule has 2 aromatic rings. The molecule has 102 valence electrons. The Morgan fingerprint density at radius 1 is 1.26 bits per heavy atom. The maximum absolute atomic E-state index is 5.64. The molecule has 0 aliphatic rings. The second kappa shape index (κ2) is 5.88. The molecule has 0 saturated carbocycles. The van der Waals surface area contributed by atoms with Crippen LogP contribution in [0.25, 0.3) is 10.8 Å². The Labute approximate surface area is 122 Å². The number of rotatable bonds is 5. The molecule has 1 aromatic carbocycles. The zero-order chi connectivity index (χ0) is 13.9. The molecular formula is C15H20BrN3. The smallest absolute Gasteiger partial charge is 0.133 e. The minimum absolute atomic E-state index is 0.171. The van der Waals surface area contributed by atoms with Crippen LogP contribution in [0.15, 0.2) is 34.9 Å². The summed E-state index contributed by atoms with van der Waals surface area (Å²) in [6, 6.07) is 8.19. The lowest BCUT2D eigenvalue weighted by Crippen LogP contribution is -2.26. The number of aromatic nitrogens is 1. The Hall–Kier alpha value is -1.13. The highest BCUT2D eigenvalue weighted by molar-refractivity contribution is 9.10. The van der Waals surface area contributed by atoms with Gasteiger partial charge in [0.15, 0.2) is 0 Å². The van der Waals surface area contributed by atoms with Gasteiger partial charge in [-0.1, -0.05) is 41.9 Å². The number of halogens is 1. The summed E-state index contributed by atoms with van der Waals surface area (Å²) in [4.78, 5) is 4.45. The quantitative estimate of drug-likeness (QED) is 0.881. The van der Waals surface area contributed by atoms with Crippen molar-refractivity contribution in [1.29, 1.82) is 0 Å². The van der Waals surface area contributed by atoms with Crippen LogP contribution in [0, 0.1) is 5.41 Å². The predicted molar refractivity (Wildman–Crippen MR) is 85.4 cm³/mol. The Balaban J connectivity index is 2.24. The minimum atomic E-state index is 0.171. The molecule has 0 radical (unpaired) electrons. The van der Waals surface area contributed by atoms with Crippen LogP contribution in [0.1, 0.15) is 20.3 Å². The van der Waals surface area contributed by atoms with Gasteiger partial charge in [-0.25, -0.2) is 4.98 Å². The highest BCUT2D eigenvalue weighted by Gasteiger charge is 2.17. The molecule has 0 aliphatic carbocycles. The first-order valence-electron chi connectivity index (χ1n) is 6.51. The molecule has 3 nitrogen and oxygen atoms in total. The third-order valence-corrected chi connectivity index (χ3v) is 4.00. The maximum atomic E-state index is 5.64. The Morgan fingerprint density at radius 3 is 2.79 bits per heavy atom. The topological polar surface area (TPSA) is 50.9 Å². The van der Waals surface area contributed by atoms with Gasteiger partial charge < -0.3 is 11.1 Å². The van der Waals surface area contributed by atoms with Crippen LogP contribution in [0.2, 0.25) is 0 Å². The van der Waals surface area contributed by atoms with Crippen LogP contribution in [0.3, 0.4) is 0 Å². The molecule has 0 saturated heterocycles. The van der Waals surface area contributed by atoms with Gasteiger partial charge >= 0.3 is 0 Å². The van der Waals surface area contributed by atoms with Gasteiger partial charge in [0.05, 0.1) is 0 Å². The summed E-state index contributed by atoms with van der Waals surface area (Å²) in [6.45, 7) is 6.01. The van der Waals surface area contributed by atoms with E-state index in [2.05, 4.69) is 46.1 Å². The maximum Gasteiger partial charge on any atom is 0.133 e. The van der Waals surface area contributed by atoms with Gasteiger partial charge in [-0.2, -0.15) is 0 Å². The van der Waals surface area contributed by atoms with Crippen molar-refractivity contribution in [1.82, 2.24) is 4.98 Å². The third kappa shape index (κ3) is 3.45. The van der Waals surface area contributed by atoms with E-state index in [4.69, 9.17) is 5.73 Å². The largest absolute Gasteiger partial charge is 0.369 e. The van der Waals surface area contributed by atoms with E-state index in [0.717, 1.165) is 28.6 Å². The van der Waals surface area contributed by atoms with Gasteiger partial charge in [0.1, 0.15) is 5.82 Å². The van der Waals surface area contributed by atoms with Crippen molar-refractivity contribution in [2.24, 2.45) is 11.1 Å². The average molecular weight is 322 g/mol. The molecule has 3 N–H and O–H groups in total. The summed E-state index contributed by atoms with van der Waals surface area (Å²) < 4.78 is 1.09. The Morgan fingerprint density at radius 2 is 2.05 bits per heavy atom. The van der Waals surface area contributed by atoms with Crippen LogP contribution < -0.4 is 11.1 Å². The molecule has 0 atom stereocenters. The summed E-state index contributed by atoms with van der Waals surface area (Å²) in [5.74, 6) is 0.934. The van der Waals surface area contributed by atoms with Crippen LogP contribution in [-0.2, 0) is 0 Å². The lowest BCUT2D eigenvalue weighted by molar-refractivity contribution is 0.365. The van der Waals surface area contributed by atoms with E-state index in [9.17, 15) is 0 Å². The fourth-order valence-electron chi connectivity index (χ4n) is 2.11. The molecule has 0 aliphatic heterocycles. The van der Waals surface area contributed by atoms with Gasteiger partial charge in [-0.15, -0.1) is 0 Å². The SMILES string of the molecule is CC(C)(CCN)CNc1nccc2c(Br)cccc12. The first kappa shape index (κ1) is 14.3. The normalized spacial score (nSPS) is 11.8. The summed E-state index contributed by atoms with van der Waals surface area (Å²) in [6.07, 6.45) is 2.83. The summed E-state index contributed by atoms with van der Waals surface area (Å²) >= 11 is 3.57. The number of nitrogens with one attached hydrogen (secondary N) is 1. The predicted octanol–water partition coefficient (Wildman–Crippen LogP) is 3.78. The van der Waals surface area contributed by atoms with E-state index < -0.39 is 0 Å². The second-order valence-corrected chi connectivity index (χ2v) is 6.41. The lowest BCUT2D eigenvalue weighted by atomic mass is 9.89. The van der Waals surface area contributed by atoms with Crippen molar-refractivity contribution >= 4 is 32.5 Å². The van der Waals surface area contributed by atoms with Crippen LogP contribution in [0.4, 0.5) is 5.82 Å². The average Bonchev–Trinajstić information content (AvgIpc) is 2.37. The van der Waals surface area contributed by atoms with Crippen molar-refractivity contribution in [2.45, 2.75) is 20.3 Å². The molecule has 1 heterocycles. The van der Waals surface area contributed by atoms with Gasteiger partial charge in [0, 0.05) is 28.0 Å². The van der Waals surface area contributed by atoms with E-state index >= 15 is 0 Å². The molecule has 2 rings (SSSR count). The van der Waals surface area contributed by atoms with Crippen molar-refractivity contribution in [3.63, 3.8) is 0 Å². The zero-order valence-corrected chi connectivity index (χ0v) is 13.0. The number of hydrogen-bond donors (Lipinski definition) is 2. The highest BCUT2D eigenvalue weighted by atomic mass is 79.9.